The highest BCUT2D eigenvalue weighted by Crippen LogP contribution is 2.19. The summed E-state index contributed by atoms with van der Waals surface area (Å²) < 4.78 is 37.5. The molecule has 0 radical (unpaired) electrons. The highest BCUT2D eigenvalue weighted by atomic mass is 32.2. The van der Waals surface area contributed by atoms with Gasteiger partial charge in [-0.3, -0.25) is 0 Å². The van der Waals surface area contributed by atoms with E-state index in [1.807, 2.05) is 6.07 Å². The number of benzene rings is 2. The lowest BCUT2D eigenvalue weighted by Gasteiger charge is -2.06. The van der Waals surface area contributed by atoms with Crippen LogP contribution in [0.4, 0.5) is 4.39 Å². The Bertz CT molecular complexity index is 734. The highest BCUT2D eigenvalue weighted by molar-refractivity contribution is 7.90. The van der Waals surface area contributed by atoms with Crippen LogP contribution in [0.15, 0.2) is 53.4 Å². The van der Waals surface area contributed by atoms with Crippen molar-refractivity contribution in [2.24, 2.45) is 0 Å². The molecule has 96 valence electrons. The van der Waals surface area contributed by atoms with Crippen molar-refractivity contribution in [3.05, 3.63) is 65.5 Å². The number of nitriles is 1. The lowest BCUT2D eigenvalue weighted by Crippen LogP contribution is -2.06. The molecular weight excluding hydrogens is 265 g/mol. The molecule has 0 aliphatic rings. The molecule has 0 amide bonds. The Labute approximate surface area is 110 Å². The molecule has 0 aliphatic heterocycles. The van der Waals surface area contributed by atoms with Gasteiger partial charge in [-0.1, -0.05) is 18.2 Å². The molecule has 0 heterocycles. The van der Waals surface area contributed by atoms with Crippen molar-refractivity contribution in [2.75, 3.05) is 0 Å². The van der Waals surface area contributed by atoms with E-state index in [4.69, 9.17) is 5.26 Å². The van der Waals surface area contributed by atoms with Crippen LogP contribution in [-0.4, -0.2) is 8.42 Å². The standard InChI is InChI=1S/C14H10FNO2S/c15-13-7-6-11(9-16)12(8-13)10-19(17,18)14-4-2-1-3-5-14/h1-8H,10H2. The molecule has 0 atom stereocenters. The molecule has 0 aliphatic carbocycles. The Kier molecular flexibility index (Phi) is 3.63. The topological polar surface area (TPSA) is 57.9 Å². The van der Waals surface area contributed by atoms with Gasteiger partial charge in [0.2, 0.25) is 0 Å². The van der Waals surface area contributed by atoms with Crippen LogP contribution in [0.25, 0.3) is 0 Å². The third-order valence-corrected chi connectivity index (χ3v) is 4.32. The molecule has 0 fully saturated rings. The summed E-state index contributed by atoms with van der Waals surface area (Å²) in [5, 5.41) is 8.91. The third-order valence-electron chi connectivity index (χ3n) is 2.64. The number of rotatable bonds is 3. The third kappa shape index (κ3) is 2.98. The van der Waals surface area contributed by atoms with Crippen LogP contribution < -0.4 is 0 Å². The zero-order chi connectivity index (χ0) is 13.9. The van der Waals surface area contributed by atoms with E-state index in [2.05, 4.69) is 0 Å². The van der Waals surface area contributed by atoms with Gasteiger partial charge in [0, 0.05) is 0 Å². The molecule has 0 saturated heterocycles. The summed E-state index contributed by atoms with van der Waals surface area (Å²) in [7, 11) is -3.58. The Balaban J connectivity index is 2.42. The monoisotopic (exact) mass is 275 g/mol. The molecule has 0 saturated carbocycles. The lowest BCUT2D eigenvalue weighted by molar-refractivity contribution is 0.594. The summed E-state index contributed by atoms with van der Waals surface area (Å²) in [6.07, 6.45) is 0. The predicted molar refractivity (Wildman–Crippen MR) is 68.4 cm³/mol. The molecule has 2 aromatic carbocycles. The molecule has 0 bridgehead atoms. The van der Waals surface area contributed by atoms with E-state index in [1.165, 1.54) is 18.2 Å². The van der Waals surface area contributed by atoms with Crippen LogP contribution in [0.5, 0.6) is 0 Å². The normalized spacial score (nSPS) is 10.9. The SMILES string of the molecule is N#Cc1ccc(F)cc1CS(=O)(=O)c1ccccc1. The molecule has 19 heavy (non-hydrogen) atoms. The largest absolute Gasteiger partial charge is 0.223 e. The minimum absolute atomic E-state index is 0.156. The van der Waals surface area contributed by atoms with E-state index in [-0.39, 0.29) is 16.0 Å². The van der Waals surface area contributed by atoms with E-state index < -0.39 is 21.4 Å². The molecule has 0 spiro atoms. The molecule has 2 aromatic rings. The average Bonchev–Trinajstić information content (AvgIpc) is 2.39. The highest BCUT2D eigenvalue weighted by Gasteiger charge is 2.17. The van der Waals surface area contributed by atoms with Crippen molar-refractivity contribution >= 4 is 9.84 Å². The van der Waals surface area contributed by atoms with Crippen molar-refractivity contribution in [3.63, 3.8) is 0 Å². The fraction of sp³-hybridized carbons (Fsp3) is 0.0714. The molecule has 0 unspecified atom stereocenters. The van der Waals surface area contributed by atoms with Crippen LogP contribution in [-0.2, 0) is 15.6 Å². The van der Waals surface area contributed by atoms with E-state index >= 15 is 0 Å². The smallest absolute Gasteiger partial charge is 0.182 e. The van der Waals surface area contributed by atoms with Crippen molar-refractivity contribution in [2.45, 2.75) is 10.6 Å². The first kappa shape index (κ1) is 13.2. The van der Waals surface area contributed by atoms with Crippen molar-refractivity contribution in [3.8, 4) is 6.07 Å². The first-order chi connectivity index (χ1) is 9.03. The zero-order valence-electron chi connectivity index (χ0n) is 9.88. The van der Waals surface area contributed by atoms with Crippen LogP contribution in [0.3, 0.4) is 0 Å². The molecule has 5 heteroatoms. The second-order valence-electron chi connectivity index (χ2n) is 3.99. The van der Waals surface area contributed by atoms with Gasteiger partial charge in [0.1, 0.15) is 5.82 Å². The summed E-state index contributed by atoms with van der Waals surface area (Å²) >= 11 is 0. The first-order valence-corrected chi connectivity index (χ1v) is 7.14. The van der Waals surface area contributed by atoms with E-state index in [9.17, 15) is 12.8 Å². The first-order valence-electron chi connectivity index (χ1n) is 5.49. The van der Waals surface area contributed by atoms with E-state index in [0.717, 1.165) is 12.1 Å². The minimum Gasteiger partial charge on any atom is -0.223 e. The maximum absolute atomic E-state index is 13.2. The van der Waals surface area contributed by atoms with Gasteiger partial charge in [-0.2, -0.15) is 5.26 Å². The van der Waals surface area contributed by atoms with Gasteiger partial charge in [-0.25, -0.2) is 12.8 Å². The summed E-state index contributed by atoms with van der Waals surface area (Å²) in [6.45, 7) is 0. The van der Waals surface area contributed by atoms with Crippen molar-refractivity contribution in [1.29, 1.82) is 5.26 Å². The molecule has 0 N–H and O–H groups in total. The van der Waals surface area contributed by atoms with Crippen LogP contribution in [0.1, 0.15) is 11.1 Å². The maximum atomic E-state index is 13.2. The van der Waals surface area contributed by atoms with Gasteiger partial charge >= 0.3 is 0 Å². The van der Waals surface area contributed by atoms with Gasteiger partial charge < -0.3 is 0 Å². The molecule has 0 aromatic heterocycles. The van der Waals surface area contributed by atoms with E-state index in [0.29, 0.717) is 0 Å². The minimum atomic E-state index is -3.58. The van der Waals surface area contributed by atoms with Gasteiger partial charge in [-0.05, 0) is 35.9 Å². The van der Waals surface area contributed by atoms with Gasteiger partial charge in [0.15, 0.2) is 9.84 Å². The molecule has 2 rings (SSSR count). The number of halogens is 1. The zero-order valence-corrected chi connectivity index (χ0v) is 10.7. The fourth-order valence-electron chi connectivity index (χ4n) is 1.71. The Morgan fingerprint density at radius 3 is 2.42 bits per heavy atom. The predicted octanol–water partition coefficient (Wildman–Crippen LogP) is 2.67. The second-order valence-corrected chi connectivity index (χ2v) is 5.97. The molecular formula is C14H10FNO2S. The quantitative estimate of drug-likeness (QED) is 0.865. The lowest BCUT2D eigenvalue weighted by atomic mass is 10.1. The summed E-state index contributed by atoms with van der Waals surface area (Å²) in [4.78, 5) is 0.156. The second kappa shape index (κ2) is 5.21. The number of sulfone groups is 1. The van der Waals surface area contributed by atoms with Crippen molar-refractivity contribution < 1.29 is 12.8 Å². The van der Waals surface area contributed by atoms with Gasteiger partial charge in [-0.15, -0.1) is 0 Å². The maximum Gasteiger partial charge on any atom is 0.182 e. The van der Waals surface area contributed by atoms with Gasteiger partial charge in [0.25, 0.3) is 0 Å². The number of hydrogen-bond donors (Lipinski definition) is 0. The number of hydrogen-bond acceptors (Lipinski definition) is 3. The Morgan fingerprint density at radius 2 is 1.79 bits per heavy atom. The number of nitrogens with zero attached hydrogens (tertiary/aromatic N) is 1. The summed E-state index contributed by atoms with van der Waals surface area (Å²) in [6, 6.07) is 13.3. The fourth-order valence-corrected chi connectivity index (χ4v) is 3.09. The van der Waals surface area contributed by atoms with Gasteiger partial charge in [0.05, 0.1) is 22.3 Å². The van der Waals surface area contributed by atoms with Crippen LogP contribution >= 0.6 is 0 Å². The van der Waals surface area contributed by atoms with E-state index in [1.54, 1.807) is 18.2 Å². The average molecular weight is 275 g/mol. The molecule has 3 nitrogen and oxygen atoms in total. The van der Waals surface area contributed by atoms with Crippen LogP contribution in [0.2, 0.25) is 0 Å². The summed E-state index contributed by atoms with van der Waals surface area (Å²) in [5.74, 6) is -0.949. The Morgan fingerprint density at radius 1 is 1.11 bits per heavy atom. The summed E-state index contributed by atoms with van der Waals surface area (Å²) in [5.41, 5.74) is 0.340. The van der Waals surface area contributed by atoms with Crippen LogP contribution in [0, 0.1) is 17.1 Å². The Hall–Kier alpha value is -2.19. The van der Waals surface area contributed by atoms with Crippen molar-refractivity contribution in [1.82, 2.24) is 0 Å².